The van der Waals surface area contributed by atoms with Crippen LogP contribution in [0.4, 0.5) is 0 Å². The van der Waals surface area contributed by atoms with Crippen LogP contribution in [0.5, 0.6) is 5.75 Å². The van der Waals surface area contributed by atoms with Gasteiger partial charge in [0.25, 0.3) is 0 Å². The minimum absolute atomic E-state index is 0.474. The lowest BCUT2D eigenvalue weighted by Crippen LogP contribution is -2.60. The molecule has 1 fully saturated rings. The SMILES string of the molecule is Cc1ccccc1O[C@@H]1O[C@H](CO)[C@H](O)[C@@H](O)[C@H]1O. The lowest BCUT2D eigenvalue weighted by atomic mass is 9.99. The van der Waals surface area contributed by atoms with Crippen LogP contribution in [0.3, 0.4) is 0 Å². The van der Waals surface area contributed by atoms with Crippen LogP contribution in [-0.2, 0) is 4.74 Å². The summed E-state index contributed by atoms with van der Waals surface area (Å²) in [6.07, 6.45) is -6.31. The van der Waals surface area contributed by atoms with E-state index in [-0.39, 0.29) is 0 Å². The van der Waals surface area contributed by atoms with Crippen molar-refractivity contribution in [1.82, 2.24) is 0 Å². The van der Waals surface area contributed by atoms with Gasteiger partial charge in [0.2, 0.25) is 6.29 Å². The second-order valence-electron chi connectivity index (χ2n) is 4.58. The Morgan fingerprint density at radius 3 is 2.42 bits per heavy atom. The van der Waals surface area contributed by atoms with Crippen molar-refractivity contribution in [2.24, 2.45) is 0 Å². The normalized spacial score (nSPS) is 35.1. The van der Waals surface area contributed by atoms with Gasteiger partial charge in [0.15, 0.2) is 0 Å². The highest BCUT2D eigenvalue weighted by Gasteiger charge is 2.44. The Morgan fingerprint density at radius 2 is 1.79 bits per heavy atom. The average molecular weight is 270 g/mol. The highest BCUT2D eigenvalue weighted by Crippen LogP contribution is 2.25. The van der Waals surface area contributed by atoms with E-state index >= 15 is 0 Å². The molecule has 4 N–H and O–H groups in total. The molecule has 0 aromatic heterocycles. The zero-order valence-corrected chi connectivity index (χ0v) is 10.5. The summed E-state index contributed by atoms with van der Waals surface area (Å²) >= 11 is 0. The smallest absolute Gasteiger partial charge is 0.229 e. The van der Waals surface area contributed by atoms with Crippen molar-refractivity contribution in [2.75, 3.05) is 6.61 Å². The highest BCUT2D eigenvalue weighted by atomic mass is 16.7. The Labute approximate surface area is 110 Å². The van der Waals surface area contributed by atoms with Crippen molar-refractivity contribution >= 4 is 0 Å². The molecule has 0 saturated carbocycles. The molecule has 0 spiro atoms. The summed E-state index contributed by atoms with van der Waals surface area (Å²) in [6.45, 7) is 1.36. The maximum Gasteiger partial charge on any atom is 0.229 e. The molecule has 1 aliphatic rings. The molecule has 1 aromatic rings. The van der Waals surface area contributed by atoms with E-state index in [2.05, 4.69) is 0 Å². The molecule has 6 nitrogen and oxygen atoms in total. The first-order valence-corrected chi connectivity index (χ1v) is 6.07. The largest absolute Gasteiger partial charge is 0.462 e. The number of para-hydroxylation sites is 1. The van der Waals surface area contributed by atoms with Crippen molar-refractivity contribution in [1.29, 1.82) is 0 Å². The molecule has 0 aliphatic carbocycles. The number of aliphatic hydroxyl groups is 4. The van der Waals surface area contributed by atoms with Gasteiger partial charge in [-0.1, -0.05) is 18.2 Å². The minimum Gasteiger partial charge on any atom is -0.462 e. The molecule has 6 heteroatoms. The number of ether oxygens (including phenoxy) is 2. The third-order valence-electron chi connectivity index (χ3n) is 3.19. The second kappa shape index (κ2) is 5.85. The molecule has 0 radical (unpaired) electrons. The van der Waals surface area contributed by atoms with E-state index < -0.39 is 37.3 Å². The summed E-state index contributed by atoms with van der Waals surface area (Å²) in [5.74, 6) is 0.506. The van der Waals surface area contributed by atoms with Crippen molar-refractivity contribution < 1.29 is 29.9 Å². The zero-order valence-electron chi connectivity index (χ0n) is 10.5. The van der Waals surface area contributed by atoms with Crippen molar-refractivity contribution in [3.63, 3.8) is 0 Å². The van der Waals surface area contributed by atoms with Crippen LogP contribution in [0.25, 0.3) is 0 Å². The lowest BCUT2D eigenvalue weighted by Gasteiger charge is -2.39. The standard InChI is InChI=1S/C13H18O6/c1-7-4-2-3-5-8(7)18-13-12(17)11(16)10(15)9(6-14)19-13/h2-5,9-17H,6H2,1H3/t9-,10+,11-,12-,13-/m1/s1. The fourth-order valence-electron chi connectivity index (χ4n) is 1.98. The molecule has 0 unspecified atom stereocenters. The summed E-state index contributed by atoms with van der Waals surface area (Å²) in [5.41, 5.74) is 0.847. The molecule has 2 rings (SSSR count). The summed E-state index contributed by atoms with van der Waals surface area (Å²) in [5, 5.41) is 38.2. The summed E-state index contributed by atoms with van der Waals surface area (Å²) in [7, 11) is 0. The van der Waals surface area contributed by atoms with Gasteiger partial charge in [0, 0.05) is 0 Å². The first-order chi connectivity index (χ1) is 9.04. The predicted octanol–water partition coefficient (Wildman–Crippen LogP) is -0.826. The van der Waals surface area contributed by atoms with Crippen LogP contribution in [0.15, 0.2) is 24.3 Å². The topological polar surface area (TPSA) is 99.4 Å². The Hall–Kier alpha value is -1.18. The van der Waals surface area contributed by atoms with Crippen LogP contribution in [0, 0.1) is 6.92 Å². The van der Waals surface area contributed by atoms with Gasteiger partial charge in [-0.05, 0) is 18.6 Å². The molecule has 1 aliphatic heterocycles. The molecule has 0 amide bonds. The first-order valence-electron chi connectivity index (χ1n) is 6.07. The molecular weight excluding hydrogens is 252 g/mol. The molecule has 19 heavy (non-hydrogen) atoms. The van der Waals surface area contributed by atoms with E-state index in [1.54, 1.807) is 12.1 Å². The van der Waals surface area contributed by atoms with Gasteiger partial charge in [0.1, 0.15) is 30.2 Å². The number of benzene rings is 1. The molecule has 1 heterocycles. The second-order valence-corrected chi connectivity index (χ2v) is 4.58. The van der Waals surface area contributed by atoms with E-state index in [0.29, 0.717) is 5.75 Å². The zero-order chi connectivity index (χ0) is 14.0. The van der Waals surface area contributed by atoms with Crippen molar-refractivity contribution in [2.45, 2.75) is 37.6 Å². The number of rotatable bonds is 3. The third kappa shape index (κ3) is 2.88. The van der Waals surface area contributed by atoms with E-state index in [4.69, 9.17) is 14.6 Å². The van der Waals surface area contributed by atoms with Gasteiger partial charge >= 0.3 is 0 Å². The number of hydrogen-bond acceptors (Lipinski definition) is 6. The number of aliphatic hydroxyl groups excluding tert-OH is 4. The Kier molecular flexibility index (Phi) is 4.38. The van der Waals surface area contributed by atoms with E-state index in [9.17, 15) is 15.3 Å². The van der Waals surface area contributed by atoms with Gasteiger partial charge in [-0.15, -0.1) is 0 Å². The van der Waals surface area contributed by atoms with Gasteiger partial charge in [-0.2, -0.15) is 0 Å². The maximum atomic E-state index is 9.83. The molecule has 1 saturated heterocycles. The molecule has 5 atom stereocenters. The van der Waals surface area contributed by atoms with E-state index in [1.807, 2.05) is 19.1 Å². The van der Waals surface area contributed by atoms with E-state index in [1.165, 1.54) is 0 Å². The Balaban J connectivity index is 2.13. The fraction of sp³-hybridized carbons (Fsp3) is 0.538. The molecule has 1 aromatic carbocycles. The predicted molar refractivity (Wildman–Crippen MR) is 65.6 cm³/mol. The monoisotopic (exact) mass is 270 g/mol. The minimum atomic E-state index is -1.43. The van der Waals surface area contributed by atoms with Gasteiger partial charge < -0.3 is 29.9 Å². The van der Waals surface area contributed by atoms with Crippen LogP contribution in [0.1, 0.15) is 5.56 Å². The molecule has 106 valence electrons. The first kappa shape index (κ1) is 14.2. The summed E-state index contributed by atoms with van der Waals surface area (Å²) < 4.78 is 10.8. The van der Waals surface area contributed by atoms with Gasteiger partial charge in [-0.25, -0.2) is 0 Å². The number of hydrogen-bond donors (Lipinski definition) is 4. The number of aryl methyl sites for hydroxylation is 1. The van der Waals surface area contributed by atoms with Gasteiger partial charge in [0.05, 0.1) is 6.61 Å². The van der Waals surface area contributed by atoms with Crippen LogP contribution in [-0.4, -0.2) is 57.7 Å². The van der Waals surface area contributed by atoms with Crippen LogP contribution < -0.4 is 4.74 Å². The molecular formula is C13H18O6. The maximum absolute atomic E-state index is 9.83. The fourth-order valence-corrected chi connectivity index (χ4v) is 1.98. The highest BCUT2D eigenvalue weighted by molar-refractivity contribution is 5.31. The van der Waals surface area contributed by atoms with Gasteiger partial charge in [-0.3, -0.25) is 0 Å². The quantitative estimate of drug-likeness (QED) is 0.572. The van der Waals surface area contributed by atoms with E-state index in [0.717, 1.165) is 5.56 Å². The molecule has 0 bridgehead atoms. The van der Waals surface area contributed by atoms with Crippen molar-refractivity contribution in [3.05, 3.63) is 29.8 Å². The van der Waals surface area contributed by atoms with Crippen LogP contribution in [0.2, 0.25) is 0 Å². The summed E-state index contributed by atoms with van der Waals surface area (Å²) in [6, 6.07) is 7.15. The van der Waals surface area contributed by atoms with Crippen molar-refractivity contribution in [3.8, 4) is 5.75 Å². The average Bonchev–Trinajstić information content (AvgIpc) is 2.41. The third-order valence-corrected chi connectivity index (χ3v) is 3.19. The Bertz CT molecular complexity index is 421. The van der Waals surface area contributed by atoms with Crippen LogP contribution >= 0.6 is 0 Å². The summed E-state index contributed by atoms with van der Waals surface area (Å²) in [4.78, 5) is 0. The Morgan fingerprint density at radius 1 is 1.11 bits per heavy atom. The lowest BCUT2D eigenvalue weighted by molar-refractivity contribution is -0.277.